The predicted octanol–water partition coefficient (Wildman–Crippen LogP) is 2.54. The van der Waals surface area contributed by atoms with Crippen molar-refractivity contribution in [1.82, 2.24) is 5.32 Å². The molecule has 0 saturated carbocycles. The molecule has 4 amide bonds. The molecule has 4 rings (SSSR count). The van der Waals surface area contributed by atoms with Crippen LogP contribution in [0.25, 0.3) is 0 Å². The molecule has 0 radical (unpaired) electrons. The summed E-state index contributed by atoms with van der Waals surface area (Å²) < 4.78 is 0. The average molecular weight is 426 g/mol. The molecule has 2 heterocycles. The Morgan fingerprint density at radius 2 is 1.77 bits per heavy atom. The highest BCUT2D eigenvalue weighted by Crippen LogP contribution is 2.27. The van der Waals surface area contributed by atoms with Crippen LogP contribution in [0.15, 0.2) is 48.5 Å². The van der Waals surface area contributed by atoms with Crippen molar-refractivity contribution < 1.29 is 19.2 Å². The lowest BCUT2D eigenvalue weighted by atomic mass is 9.98. The molecule has 2 aromatic carbocycles. The first-order valence-corrected chi connectivity index (χ1v) is 10.1. The lowest BCUT2D eigenvalue weighted by Crippen LogP contribution is -2.33. The first kappa shape index (κ1) is 20.1. The van der Waals surface area contributed by atoms with E-state index in [1.54, 1.807) is 41.3 Å². The van der Waals surface area contributed by atoms with Crippen molar-refractivity contribution >= 4 is 46.6 Å². The fourth-order valence-corrected chi connectivity index (χ4v) is 3.94. The number of anilines is 2. The van der Waals surface area contributed by atoms with Crippen LogP contribution in [0.2, 0.25) is 5.02 Å². The second-order valence-electron chi connectivity index (χ2n) is 7.51. The number of hydrogen-bond donors (Lipinski definition) is 2. The first-order valence-electron chi connectivity index (χ1n) is 9.71. The molecule has 2 aliphatic heterocycles. The van der Waals surface area contributed by atoms with Gasteiger partial charge in [-0.15, -0.1) is 0 Å². The molecule has 154 valence electrons. The van der Waals surface area contributed by atoms with Crippen molar-refractivity contribution in [2.45, 2.75) is 19.3 Å². The summed E-state index contributed by atoms with van der Waals surface area (Å²) in [6.07, 6.45) is 1.10. The van der Waals surface area contributed by atoms with E-state index in [1.807, 2.05) is 12.1 Å². The number of imide groups is 1. The summed E-state index contributed by atoms with van der Waals surface area (Å²) in [6, 6.07) is 14.0. The van der Waals surface area contributed by atoms with Crippen LogP contribution in [-0.4, -0.2) is 30.2 Å². The van der Waals surface area contributed by atoms with Gasteiger partial charge in [0.1, 0.15) is 5.92 Å². The van der Waals surface area contributed by atoms with Gasteiger partial charge in [-0.05, 0) is 54.8 Å². The number of benzene rings is 2. The Morgan fingerprint density at radius 3 is 2.40 bits per heavy atom. The molecule has 8 heteroatoms. The molecule has 2 N–H and O–H groups in total. The zero-order valence-corrected chi connectivity index (χ0v) is 16.8. The highest BCUT2D eigenvalue weighted by Gasteiger charge is 2.37. The molecule has 7 nitrogen and oxygen atoms in total. The molecule has 0 aliphatic carbocycles. The third-order valence-corrected chi connectivity index (χ3v) is 5.68. The number of halogens is 1. The van der Waals surface area contributed by atoms with Crippen molar-refractivity contribution in [1.29, 1.82) is 0 Å². The molecule has 2 aromatic rings. The van der Waals surface area contributed by atoms with E-state index in [1.165, 1.54) is 0 Å². The van der Waals surface area contributed by atoms with Crippen LogP contribution in [0, 0.1) is 11.8 Å². The van der Waals surface area contributed by atoms with Gasteiger partial charge in [-0.25, -0.2) is 0 Å². The van der Waals surface area contributed by atoms with Crippen molar-refractivity contribution in [3.63, 3.8) is 0 Å². The summed E-state index contributed by atoms with van der Waals surface area (Å²) in [5.74, 6) is -2.17. The van der Waals surface area contributed by atoms with Gasteiger partial charge in [-0.2, -0.15) is 0 Å². The minimum absolute atomic E-state index is 0.200. The highest BCUT2D eigenvalue weighted by atomic mass is 35.5. The molecule has 0 aromatic heterocycles. The van der Waals surface area contributed by atoms with Gasteiger partial charge < -0.3 is 10.2 Å². The number of carbonyl (C=O) groups excluding carboxylic acids is 4. The number of carbonyl (C=O) groups is 4. The maximum absolute atomic E-state index is 12.7. The summed E-state index contributed by atoms with van der Waals surface area (Å²) in [5.41, 5.74) is 2.20. The number of nitrogens with one attached hydrogen (secondary N) is 2. The maximum atomic E-state index is 12.7. The number of hydrogen-bond acceptors (Lipinski definition) is 4. The van der Waals surface area contributed by atoms with E-state index in [2.05, 4.69) is 10.6 Å². The third-order valence-electron chi connectivity index (χ3n) is 5.43. The summed E-state index contributed by atoms with van der Waals surface area (Å²) in [5, 5.41) is 5.68. The summed E-state index contributed by atoms with van der Waals surface area (Å²) in [6.45, 7) is 0.472. The third kappa shape index (κ3) is 4.21. The van der Waals surface area contributed by atoms with Gasteiger partial charge in [0.25, 0.3) is 0 Å². The van der Waals surface area contributed by atoms with E-state index in [0.29, 0.717) is 30.1 Å². The van der Waals surface area contributed by atoms with Crippen LogP contribution < -0.4 is 15.5 Å². The smallest absolute Gasteiger partial charge is 0.239 e. The zero-order valence-electron chi connectivity index (χ0n) is 16.1. The Bertz CT molecular complexity index is 1000. The Hall–Kier alpha value is -3.19. The average Bonchev–Trinajstić information content (AvgIpc) is 3.25. The van der Waals surface area contributed by atoms with Gasteiger partial charge >= 0.3 is 0 Å². The van der Waals surface area contributed by atoms with Crippen LogP contribution in [0.5, 0.6) is 0 Å². The molecule has 30 heavy (non-hydrogen) atoms. The molecule has 2 saturated heterocycles. The molecule has 0 bridgehead atoms. The minimum Gasteiger partial charge on any atom is -0.325 e. The monoisotopic (exact) mass is 425 g/mol. The normalized spacial score (nSPS) is 21.1. The van der Waals surface area contributed by atoms with E-state index in [4.69, 9.17) is 11.6 Å². The lowest BCUT2D eigenvalue weighted by Gasteiger charge is -2.17. The molecule has 2 atom stereocenters. The summed E-state index contributed by atoms with van der Waals surface area (Å²) in [7, 11) is 0. The van der Waals surface area contributed by atoms with Crippen LogP contribution in [0.3, 0.4) is 0 Å². The van der Waals surface area contributed by atoms with E-state index in [-0.39, 0.29) is 36.0 Å². The van der Waals surface area contributed by atoms with E-state index < -0.39 is 5.92 Å². The molecule has 2 fully saturated rings. The lowest BCUT2D eigenvalue weighted by molar-refractivity contribution is -0.129. The Labute approximate surface area is 178 Å². The summed E-state index contributed by atoms with van der Waals surface area (Å²) >= 11 is 5.89. The molecular weight excluding hydrogens is 406 g/mol. The number of amides is 4. The fraction of sp³-hybridized carbons (Fsp3) is 0.273. The highest BCUT2D eigenvalue weighted by molar-refractivity contribution is 6.30. The largest absolute Gasteiger partial charge is 0.325 e. The van der Waals surface area contributed by atoms with Crippen molar-refractivity contribution in [2.75, 3.05) is 16.8 Å². The topological polar surface area (TPSA) is 95.6 Å². The van der Waals surface area contributed by atoms with Gasteiger partial charge in [0.15, 0.2) is 0 Å². The van der Waals surface area contributed by atoms with Crippen molar-refractivity contribution in [3.05, 3.63) is 59.1 Å². The van der Waals surface area contributed by atoms with E-state index in [9.17, 15) is 19.2 Å². The molecule has 2 unspecified atom stereocenters. The van der Waals surface area contributed by atoms with Gasteiger partial charge in [-0.3, -0.25) is 24.5 Å². The van der Waals surface area contributed by atoms with Crippen molar-refractivity contribution in [3.8, 4) is 0 Å². The van der Waals surface area contributed by atoms with Gasteiger partial charge in [0.2, 0.25) is 23.6 Å². The Balaban J connectivity index is 1.36. The number of nitrogens with zero attached hydrogens (tertiary/aromatic N) is 1. The van der Waals surface area contributed by atoms with E-state index in [0.717, 1.165) is 11.3 Å². The zero-order chi connectivity index (χ0) is 21.3. The quantitative estimate of drug-likeness (QED) is 0.568. The van der Waals surface area contributed by atoms with Crippen LogP contribution in [-0.2, 0) is 25.6 Å². The summed E-state index contributed by atoms with van der Waals surface area (Å²) in [4.78, 5) is 49.9. The Morgan fingerprint density at radius 1 is 1.07 bits per heavy atom. The molecule has 2 aliphatic rings. The number of rotatable bonds is 5. The standard InChI is InChI=1S/C22H20ClN3O4/c23-15-3-7-17(8-4-15)26-10-9-18(22(26)30)21(29)24-16-5-1-13(2-6-16)11-14-12-19(27)25-20(14)28/h1-8,14,18H,9-12H2,(H,24,29)(H,25,27,28). The first-order chi connectivity index (χ1) is 14.4. The minimum atomic E-state index is -0.742. The van der Waals surface area contributed by atoms with Gasteiger partial charge in [0, 0.05) is 29.4 Å². The Kier molecular flexibility index (Phi) is 5.55. The van der Waals surface area contributed by atoms with E-state index >= 15 is 0 Å². The SMILES string of the molecule is O=C1CC(Cc2ccc(NC(=O)C3CCN(c4ccc(Cl)cc4)C3=O)cc2)C(=O)N1. The van der Waals surface area contributed by atoms with Gasteiger partial charge in [0.05, 0.1) is 5.92 Å². The van der Waals surface area contributed by atoms with Gasteiger partial charge in [-0.1, -0.05) is 23.7 Å². The van der Waals surface area contributed by atoms with Crippen molar-refractivity contribution in [2.24, 2.45) is 11.8 Å². The fourth-order valence-electron chi connectivity index (χ4n) is 3.81. The molecular formula is C22H20ClN3O4. The predicted molar refractivity (Wildman–Crippen MR) is 112 cm³/mol. The maximum Gasteiger partial charge on any atom is 0.239 e. The second kappa shape index (κ2) is 8.28. The second-order valence-corrected chi connectivity index (χ2v) is 7.95. The van der Waals surface area contributed by atoms with Crippen LogP contribution >= 0.6 is 11.6 Å². The van der Waals surface area contributed by atoms with Crippen LogP contribution in [0.4, 0.5) is 11.4 Å². The van der Waals surface area contributed by atoms with Crippen LogP contribution in [0.1, 0.15) is 18.4 Å². The molecule has 0 spiro atoms.